The van der Waals surface area contributed by atoms with Gasteiger partial charge in [0.15, 0.2) is 0 Å². The summed E-state index contributed by atoms with van der Waals surface area (Å²) in [5.74, 6) is 2.53. The van der Waals surface area contributed by atoms with Gasteiger partial charge in [-0.1, -0.05) is 18.2 Å². The molecular weight excluding hydrogens is 212 g/mol. The van der Waals surface area contributed by atoms with Crippen molar-refractivity contribution in [1.82, 2.24) is 5.32 Å². The summed E-state index contributed by atoms with van der Waals surface area (Å²) in [6.45, 7) is 3.06. The van der Waals surface area contributed by atoms with Gasteiger partial charge in [-0.05, 0) is 31.5 Å². The Morgan fingerprint density at radius 3 is 2.88 bits per heavy atom. The molecular formula is C14H18N2O. The number of para-hydroxylation sites is 1. The highest BCUT2D eigenvalue weighted by Gasteiger charge is 2.02. The third kappa shape index (κ3) is 5.19. The van der Waals surface area contributed by atoms with Gasteiger partial charge < -0.3 is 10.6 Å². The SMILES string of the molecule is C#CCCCNCC(=O)Nc1ccccc1C. The first-order chi connectivity index (χ1) is 8.24. The molecule has 1 rings (SSSR count). The third-order valence-corrected chi connectivity index (χ3v) is 2.38. The Balaban J connectivity index is 2.26. The van der Waals surface area contributed by atoms with Crippen molar-refractivity contribution in [3.8, 4) is 12.3 Å². The van der Waals surface area contributed by atoms with Crippen molar-refractivity contribution in [2.75, 3.05) is 18.4 Å². The molecule has 1 aromatic carbocycles. The van der Waals surface area contributed by atoms with E-state index in [9.17, 15) is 4.79 Å². The number of aryl methyl sites for hydroxylation is 1. The predicted octanol–water partition coefficient (Wildman–Crippen LogP) is 1.94. The average molecular weight is 230 g/mol. The van der Waals surface area contributed by atoms with Crippen LogP contribution in [0.2, 0.25) is 0 Å². The zero-order valence-electron chi connectivity index (χ0n) is 10.1. The van der Waals surface area contributed by atoms with Crippen LogP contribution in [-0.2, 0) is 4.79 Å². The summed E-state index contributed by atoms with van der Waals surface area (Å²) < 4.78 is 0. The molecule has 17 heavy (non-hydrogen) atoms. The lowest BCUT2D eigenvalue weighted by Crippen LogP contribution is -2.28. The van der Waals surface area contributed by atoms with E-state index in [2.05, 4.69) is 16.6 Å². The Morgan fingerprint density at radius 2 is 2.18 bits per heavy atom. The lowest BCUT2D eigenvalue weighted by molar-refractivity contribution is -0.115. The third-order valence-electron chi connectivity index (χ3n) is 2.38. The van der Waals surface area contributed by atoms with Crippen LogP contribution in [0.1, 0.15) is 18.4 Å². The van der Waals surface area contributed by atoms with Gasteiger partial charge in [0, 0.05) is 12.1 Å². The van der Waals surface area contributed by atoms with Crippen LogP contribution in [-0.4, -0.2) is 19.0 Å². The second kappa shape index (κ2) is 7.48. The Hall–Kier alpha value is -1.79. The van der Waals surface area contributed by atoms with Crippen molar-refractivity contribution in [2.45, 2.75) is 19.8 Å². The van der Waals surface area contributed by atoms with E-state index >= 15 is 0 Å². The fourth-order valence-electron chi connectivity index (χ4n) is 1.42. The van der Waals surface area contributed by atoms with E-state index in [1.54, 1.807) is 0 Å². The summed E-state index contributed by atoms with van der Waals surface area (Å²) in [5, 5.41) is 5.91. The molecule has 0 bridgehead atoms. The molecule has 0 spiro atoms. The largest absolute Gasteiger partial charge is 0.325 e. The maximum absolute atomic E-state index is 11.6. The highest BCUT2D eigenvalue weighted by atomic mass is 16.1. The first-order valence-electron chi connectivity index (χ1n) is 5.73. The number of nitrogens with one attached hydrogen (secondary N) is 2. The van der Waals surface area contributed by atoms with E-state index in [-0.39, 0.29) is 5.91 Å². The molecule has 1 aromatic rings. The number of carbonyl (C=O) groups excluding carboxylic acids is 1. The first-order valence-corrected chi connectivity index (χ1v) is 5.73. The monoisotopic (exact) mass is 230 g/mol. The highest BCUT2D eigenvalue weighted by Crippen LogP contribution is 2.12. The molecule has 0 unspecified atom stereocenters. The van der Waals surface area contributed by atoms with Crippen molar-refractivity contribution < 1.29 is 4.79 Å². The van der Waals surface area contributed by atoms with Crippen molar-refractivity contribution in [3.63, 3.8) is 0 Å². The molecule has 3 nitrogen and oxygen atoms in total. The van der Waals surface area contributed by atoms with Crippen LogP contribution in [0.25, 0.3) is 0 Å². The Morgan fingerprint density at radius 1 is 1.41 bits per heavy atom. The van der Waals surface area contributed by atoms with Crippen LogP contribution in [0.15, 0.2) is 24.3 Å². The van der Waals surface area contributed by atoms with Crippen molar-refractivity contribution in [3.05, 3.63) is 29.8 Å². The summed E-state index contributed by atoms with van der Waals surface area (Å²) in [6, 6.07) is 7.72. The van der Waals surface area contributed by atoms with E-state index < -0.39 is 0 Å². The number of carbonyl (C=O) groups is 1. The fraction of sp³-hybridized carbons (Fsp3) is 0.357. The van der Waals surface area contributed by atoms with Gasteiger partial charge >= 0.3 is 0 Å². The number of anilines is 1. The Bertz CT molecular complexity index is 407. The van der Waals surface area contributed by atoms with Gasteiger partial charge in [0.2, 0.25) is 5.91 Å². The Kier molecular flexibility index (Phi) is 5.84. The minimum atomic E-state index is -0.0278. The number of unbranched alkanes of at least 4 members (excludes halogenated alkanes) is 1. The fourth-order valence-corrected chi connectivity index (χ4v) is 1.42. The van der Waals surface area contributed by atoms with Gasteiger partial charge in [-0.3, -0.25) is 4.79 Å². The van der Waals surface area contributed by atoms with Gasteiger partial charge in [0.25, 0.3) is 0 Å². The summed E-state index contributed by atoms with van der Waals surface area (Å²) in [4.78, 5) is 11.6. The number of hydrogen-bond acceptors (Lipinski definition) is 2. The number of rotatable bonds is 6. The minimum absolute atomic E-state index is 0.0278. The van der Waals surface area contributed by atoms with Crippen molar-refractivity contribution in [1.29, 1.82) is 0 Å². The number of hydrogen-bond donors (Lipinski definition) is 2. The first kappa shape index (κ1) is 13.3. The maximum atomic E-state index is 11.6. The van der Waals surface area contributed by atoms with Gasteiger partial charge in [0.05, 0.1) is 6.54 Å². The molecule has 1 amide bonds. The second-order valence-electron chi connectivity index (χ2n) is 3.85. The molecule has 0 saturated heterocycles. The lowest BCUT2D eigenvalue weighted by atomic mass is 10.2. The molecule has 0 aliphatic heterocycles. The van der Waals surface area contributed by atoms with Crippen LogP contribution in [0.5, 0.6) is 0 Å². The van der Waals surface area contributed by atoms with Gasteiger partial charge in [-0.15, -0.1) is 12.3 Å². The quantitative estimate of drug-likeness (QED) is 0.579. The number of terminal acetylenes is 1. The van der Waals surface area contributed by atoms with E-state index in [4.69, 9.17) is 6.42 Å². The normalized spacial score (nSPS) is 9.65. The topological polar surface area (TPSA) is 41.1 Å². The molecule has 0 saturated carbocycles. The van der Waals surface area contributed by atoms with Crippen LogP contribution in [0.3, 0.4) is 0 Å². The lowest BCUT2D eigenvalue weighted by Gasteiger charge is -2.08. The zero-order chi connectivity index (χ0) is 12.5. The van der Waals surface area contributed by atoms with E-state index in [0.29, 0.717) is 6.54 Å². The van der Waals surface area contributed by atoms with Crippen LogP contribution in [0.4, 0.5) is 5.69 Å². The summed E-state index contributed by atoms with van der Waals surface area (Å²) in [7, 11) is 0. The molecule has 0 aromatic heterocycles. The number of benzene rings is 1. The molecule has 0 aliphatic carbocycles. The van der Waals surface area contributed by atoms with Crippen LogP contribution in [0, 0.1) is 19.3 Å². The summed E-state index contributed by atoms with van der Waals surface area (Å²) in [6.07, 6.45) is 6.77. The smallest absolute Gasteiger partial charge is 0.238 e. The van der Waals surface area contributed by atoms with Gasteiger partial charge in [0.1, 0.15) is 0 Å². The van der Waals surface area contributed by atoms with Crippen LogP contribution < -0.4 is 10.6 Å². The standard InChI is InChI=1S/C14H18N2O/c1-3-4-7-10-15-11-14(17)16-13-9-6-5-8-12(13)2/h1,5-6,8-9,15H,4,7,10-11H2,2H3,(H,16,17). The molecule has 0 atom stereocenters. The molecule has 2 N–H and O–H groups in total. The number of amides is 1. The van der Waals surface area contributed by atoms with Crippen molar-refractivity contribution in [2.24, 2.45) is 0 Å². The second-order valence-corrected chi connectivity index (χ2v) is 3.85. The van der Waals surface area contributed by atoms with E-state index in [0.717, 1.165) is 30.6 Å². The van der Waals surface area contributed by atoms with E-state index in [1.165, 1.54) is 0 Å². The van der Waals surface area contributed by atoms with Gasteiger partial charge in [-0.2, -0.15) is 0 Å². The predicted molar refractivity (Wildman–Crippen MR) is 70.7 cm³/mol. The molecule has 0 radical (unpaired) electrons. The highest BCUT2D eigenvalue weighted by molar-refractivity contribution is 5.92. The Labute approximate surface area is 103 Å². The summed E-state index contributed by atoms with van der Waals surface area (Å²) >= 11 is 0. The van der Waals surface area contributed by atoms with Crippen molar-refractivity contribution >= 4 is 11.6 Å². The molecule has 90 valence electrons. The zero-order valence-corrected chi connectivity index (χ0v) is 10.1. The van der Waals surface area contributed by atoms with Gasteiger partial charge in [-0.25, -0.2) is 0 Å². The molecule has 0 fully saturated rings. The maximum Gasteiger partial charge on any atom is 0.238 e. The average Bonchev–Trinajstić information content (AvgIpc) is 2.32. The van der Waals surface area contributed by atoms with Crippen LogP contribution >= 0.6 is 0 Å². The summed E-state index contributed by atoms with van der Waals surface area (Å²) in [5.41, 5.74) is 1.93. The molecule has 0 aliphatic rings. The minimum Gasteiger partial charge on any atom is -0.325 e. The van der Waals surface area contributed by atoms with E-state index in [1.807, 2.05) is 31.2 Å². The molecule has 0 heterocycles. The molecule has 3 heteroatoms.